The minimum absolute atomic E-state index is 0.0780. The smallest absolute Gasteiger partial charge is 0.133 e. The van der Waals surface area contributed by atoms with Crippen molar-refractivity contribution in [2.24, 2.45) is 5.92 Å². The molecule has 0 bridgehead atoms. The highest BCUT2D eigenvalue weighted by atomic mass is 16.5. The molecule has 0 heterocycles. The summed E-state index contributed by atoms with van der Waals surface area (Å²) in [5.41, 5.74) is -0.0780. The lowest BCUT2D eigenvalue weighted by Gasteiger charge is -2.24. The van der Waals surface area contributed by atoms with Crippen LogP contribution in [0.1, 0.15) is 72.1 Å². The number of ketones is 1. The zero-order chi connectivity index (χ0) is 14.1. The Morgan fingerprint density at radius 1 is 1.32 bits per heavy atom. The lowest BCUT2D eigenvalue weighted by atomic mass is 10.0. The van der Waals surface area contributed by atoms with Crippen LogP contribution < -0.4 is 0 Å². The number of hydrogen-bond donors (Lipinski definition) is 0. The van der Waals surface area contributed by atoms with E-state index in [2.05, 4.69) is 32.9 Å². The highest BCUT2D eigenvalue weighted by Gasteiger charge is 2.20. The second kappa shape index (κ2) is 8.52. The normalized spacial score (nSPS) is 20.6. The Hall–Kier alpha value is -0.630. The fourth-order valence-corrected chi connectivity index (χ4v) is 2.49. The molecule has 1 saturated carbocycles. The predicted molar refractivity (Wildman–Crippen MR) is 80.3 cm³/mol. The number of hydrogen-bond acceptors (Lipinski definition) is 2. The molecular formula is C17H30O2. The quantitative estimate of drug-likeness (QED) is 0.447. The number of ether oxygens (including phenoxy) is 1. The first-order valence-electron chi connectivity index (χ1n) is 7.86. The molecule has 0 aromatic rings. The highest BCUT2D eigenvalue weighted by molar-refractivity contribution is 5.80. The summed E-state index contributed by atoms with van der Waals surface area (Å²) in [4.78, 5) is 11.2. The maximum atomic E-state index is 11.2. The molecule has 0 unspecified atom stereocenters. The van der Waals surface area contributed by atoms with Crippen LogP contribution in [-0.4, -0.2) is 18.0 Å². The molecule has 2 nitrogen and oxygen atoms in total. The summed E-state index contributed by atoms with van der Waals surface area (Å²) >= 11 is 0. The number of rotatable bonds is 9. The molecular weight excluding hydrogens is 236 g/mol. The number of carbonyl (C=O) groups is 1. The monoisotopic (exact) mass is 266 g/mol. The summed E-state index contributed by atoms with van der Waals surface area (Å²) in [6, 6.07) is 0. The van der Waals surface area contributed by atoms with Crippen molar-refractivity contribution in [3.63, 3.8) is 0 Å². The topological polar surface area (TPSA) is 26.3 Å². The van der Waals surface area contributed by atoms with Crippen LogP contribution in [0, 0.1) is 5.92 Å². The van der Waals surface area contributed by atoms with Gasteiger partial charge in [-0.1, -0.05) is 38.3 Å². The molecule has 1 rings (SSSR count). The van der Waals surface area contributed by atoms with Gasteiger partial charge in [-0.25, -0.2) is 0 Å². The first kappa shape index (κ1) is 16.4. The molecule has 110 valence electrons. The fourth-order valence-electron chi connectivity index (χ4n) is 2.49. The Labute approximate surface area is 118 Å². The molecule has 0 radical (unpaired) electrons. The number of unbranched alkanes of at least 4 members (excludes halogenated alkanes) is 3. The predicted octanol–water partition coefficient (Wildman–Crippen LogP) is 4.68. The first-order valence-corrected chi connectivity index (χ1v) is 7.86. The van der Waals surface area contributed by atoms with Gasteiger partial charge < -0.3 is 4.74 Å². The average molecular weight is 266 g/mol. The van der Waals surface area contributed by atoms with Gasteiger partial charge in [-0.3, -0.25) is 4.79 Å². The molecule has 1 atom stereocenters. The summed E-state index contributed by atoms with van der Waals surface area (Å²) in [7, 11) is 0. The molecule has 0 spiro atoms. The molecule has 0 aromatic heterocycles. The van der Waals surface area contributed by atoms with E-state index in [-0.39, 0.29) is 5.60 Å². The molecule has 0 saturated heterocycles. The standard InChI is InChI=1S/C17H30O2/c1-4-5-6-7-13-19-17(2,3)12-8-9-15-10-11-16(18)14-15/h8-9,15H,4-7,10-14H2,1-3H3/b9-8+/t15-/m0/s1. The maximum Gasteiger partial charge on any atom is 0.133 e. The summed E-state index contributed by atoms with van der Waals surface area (Å²) in [5.74, 6) is 0.897. The molecule has 1 aliphatic carbocycles. The van der Waals surface area contributed by atoms with Gasteiger partial charge in [0.05, 0.1) is 5.60 Å². The largest absolute Gasteiger partial charge is 0.375 e. The third kappa shape index (κ3) is 7.51. The SMILES string of the molecule is CCCCCCOC(C)(C)C/C=C/[C@H]1CCC(=O)C1. The molecule has 0 N–H and O–H groups in total. The van der Waals surface area contributed by atoms with Gasteiger partial charge in [0.15, 0.2) is 0 Å². The lowest BCUT2D eigenvalue weighted by Crippen LogP contribution is -2.24. The van der Waals surface area contributed by atoms with E-state index in [9.17, 15) is 4.79 Å². The van der Waals surface area contributed by atoms with Gasteiger partial charge in [0.25, 0.3) is 0 Å². The van der Waals surface area contributed by atoms with Crippen LogP contribution in [0.4, 0.5) is 0 Å². The molecule has 0 amide bonds. The Bertz CT molecular complexity index is 292. The summed E-state index contributed by atoms with van der Waals surface area (Å²) in [6.45, 7) is 7.39. The van der Waals surface area contributed by atoms with E-state index in [0.29, 0.717) is 11.7 Å². The van der Waals surface area contributed by atoms with Crippen molar-refractivity contribution in [3.8, 4) is 0 Å². The van der Waals surface area contributed by atoms with Crippen molar-refractivity contribution in [1.29, 1.82) is 0 Å². The number of Topliss-reactive ketones (excluding diaryl/α,β-unsaturated/α-hetero) is 1. The van der Waals surface area contributed by atoms with E-state index in [1.54, 1.807) is 0 Å². The van der Waals surface area contributed by atoms with Crippen LogP contribution in [-0.2, 0) is 9.53 Å². The van der Waals surface area contributed by atoms with Crippen molar-refractivity contribution in [1.82, 2.24) is 0 Å². The Kier molecular flexibility index (Phi) is 7.37. The van der Waals surface area contributed by atoms with Gasteiger partial charge in [-0.05, 0) is 39.0 Å². The summed E-state index contributed by atoms with van der Waals surface area (Å²) in [5, 5.41) is 0. The Morgan fingerprint density at radius 3 is 2.74 bits per heavy atom. The molecule has 0 aromatic carbocycles. The van der Waals surface area contributed by atoms with Crippen LogP contribution in [0.2, 0.25) is 0 Å². The highest BCUT2D eigenvalue weighted by Crippen LogP contribution is 2.24. The van der Waals surface area contributed by atoms with Gasteiger partial charge in [0, 0.05) is 19.4 Å². The van der Waals surface area contributed by atoms with E-state index < -0.39 is 0 Å². The van der Waals surface area contributed by atoms with E-state index in [0.717, 1.165) is 38.7 Å². The van der Waals surface area contributed by atoms with Crippen LogP contribution in [0.5, 0.6) is 0 Å². The first-order chi connectivity index (χ1) is 9.03. The maximum absolute atomic E-state index is 11.2. The summed E-state index contributed by atoms with van der Waals surface area (Å²) in [6.07, 6.45) is 12.9. The third-order valence-corrected chi connectivity index (χ3v) is 3.79. The van der Waals surface area contributed by atoms with E-state index >= 15 is 0 Å². The van der Waals surface area contributed by atoms with E-state index in [1.807, 2.05) is 0 Å². The molecule has 0 aliphatic heterocycles. The van der Waals surface area contributed by atoms with Crippen molar-refractivity contribution in [2.75, 3.05) is 6.61 Å². The van der Waals surface area contributed by atoms with Crippen molar-refractivity contribution in [2.45, 2.75) is 77.7 Å². The van der Waals surface area contributed by atoms with E-state index in [1.165, 1.54) is 19.3 Å². The van der Waals surface area contributed by atoms with E-state index in [4.69, 9.17) is 4.74 Å². The Balaban J connectivity index is 2.15. The number of allylic oxidation sites excluding steroid dienone is 1. The number of carbonyl (C=O) groups excluding carboxylic acids is 1. The lowest BCUT2D eigenvalue weighted by molar-refractivity contribution is -0.117. The fraction of sp³-hybridized carbons (Fsp3) is 0.824. The molecule has 2 heteroatoms. The second-order valence-corrected chi connectivity index (χ2v) is 6.34. The van der Waals surface area contributed by atoms with Crippen molar-refractivity contribution >= 4 is 5.78 Å². The van der Waals surface area contributed by atoms with Crippen molar-refractivity contribution < 1.29 is 9.53 Å². The molecule has 19 heavy (non-hydrogen) atoms. The van der Waals surface area contributed by atoms with Crippen LogP contribution in [0.15, 0.2) is 12.2 Å². The van der Waals surface area contributed by atoms with Gasteiger partial charge in [0.2, 0.25) is 0 Å². The van der Waals surface area contributed by atoms with Crippen LogP contribution >= 0.6 is 0 Å². The average Bonchev–Trinajstić information content (AvgIpc) is 2.74. The molecule has 1 fully saturated rings. The Morgan fingerprint density at radius 2 is 2.11 bits per heavy atom. The summed E-state index contributed by atoms with van der Waals surface area (Å²) < 4.78 is 5.94. The van der Waals surface area contributed by atoms with Crippen LogP contribution in [0.3, 0.4) is 0 Å². The second-order valence-electron chi connectivity index (χ2n) is 6.34. The van der Waals surface area contributed by atoms with Crippen LogP contribution in [0.25, 0.3) is 0 Å². The third-order valence-electron chi connectivity index (χ3n) is 3.79. The van der Waals surface area contributed by atoms with Gasteiger partial charge >= 0.3 is 0 Å². The van der Waals surface area contributed by atoms with Crippen molar-refractivity contribution in [3.05, 3.63) is 12.2 Å². The van der Waals surface area contributed by atoms with Gasteiger partial charge in [-0.2, -0.15) is 0 Å². The zero-order valence-electron chi connectivity index (χ0n) is 12.9. The minimum atomic E-state index is -0.0780. The van der Waals surface area contributed by atoms with Gasteiger partial charge in [0.1, 0.15) is 5.78 Å². The van der Waals surface area contributed by atoms with Gasteiger partial charge in [-0.15, -0.1) is 0 Å². The minimum Gasteiger partial charge on any atom is -0.375 e. The molecule has 1 aliphatic rings. The zero-order valence-corrected chi connectivity index (χ0v) is 12.9.